The molecule has 2 aromatic rings. The van der Waals surface area contributed by atoms with Gasteiger partial charge in [0.2, 0.25) is 5.91 Å². The molecule has 0 saturated heterocycles. The molecular formula is C15H20ClN3O2. The Balaban J connectivity index is 1.92. The summed E-state index contributed by atoms with van der Waals surface area (Å²) in [5, 5.41) is 3.51. The zero-order valence-corrected chi connectivity index (χ0v) is 13.0. The Hall–Kier alpha value is -1.59. The van der Waals surface area contributed by atoms with Crippen molar-refractivity contribution in [3.05, 3.63) is 29.0 Å². The fourth-order valence-corrected chi connectivity index (χ4v) is 2.14. The molecule has 0 fully saturated rings. The lowest BCUT2D eigenvalue weighted by Gasteiger charge is -2.11. The maximum absolute atomic E-state index is 11.8. The van der Waals surface area contributed by atoms with Crippen molar-refractivity contribution < 1.29 is 9.53 Å². The fourth-order valence-electron chi connectivity index (χ4n) is 1.97. The van der Waals surface area contributed by atoms with Crippen LogP contribution in [-0.4, -0.2) is 29.1 Å². The van der Waals surface area contributed by atoms with E-state index in [-0.39, 0.29) is 18.6 Å². The number of hydrogen-bond acceptors (Lipinski definition) is 3. The summed E-state index contributed by atoms with van der Waals surface area (Å²) in [5.74, 6) is 0.561. The van der Waals surface area contributed by atoms with Gasteiger partial charge in [0.1, 0.15) is 12.4 Å². The van der Waals surface area contributed by atoms with Gasteiger partial charge in [-0.1, -0.05) is 24.9 Å². The van der Waals surface area contributed by atoms with E-state index in [0.717, 1.165) is 23.9 Å². The van der Waals surface area contributed by atoms with E-state index in [2.05, 4.69) is 22.2 Å². The van der Waals surface area contributed by atoms with Crippen LogP contribution in [0.25, 0.3) is 11.0 Å². The zero-order chi connectivity index (χ0) is 15.2. The first-order valence-electron chi connectivity index (χ1n) is 7.12. The molecule has 1 aromatic carbocycles. The van der Waals surface area contributed by atoms with E-state index in [1.807, 2.05) is 19.1 Å². The molecule has 0 radical (unpaired) electrons. The molecule has 1 atom stereocenters. The van der Waals surface area contributed by atoms with Crippen LogP contribution >= 0.6 is 11.6 Å². The maximum atomic E-state index is 11.8. The number of carbonyl (C=O) groups is 1. The smallest absolute Gasteiger partial charge is 0.246 e. The van der Waals surface area contributed by atoms with E-state index in [0.29, 0.717) is 17.5 Å². The van der Waals surface area contributed by atoms with Crippen LogP contribution in [-0.2, 0) is 9.53 Å². The van der Waals surface area contributed by atoms with Gasteiger partial charge in [0.25, 0.3) is 0 Å². The predicted octanol–water partition coefficient (Wildman–Crippen LogP) is 3.21. The number of fused-ring (bicyclic) bond motifs is 1. The second kappa shape index (κ2) is 7.43. The van der Waals surface area contributed by atoms with Gasteiger partial charge in [0.15, 0.2) is 0 Å². The first-order valence-corrected chi connectivity index (χ1v) is 7.50. The molecule has 21 heavy (non-hydrogen) atoms. The highest BCUT2D eigenvalue weighted by atomic mass is 35.5. The minimum absolute atomic E-state index is 0.0798. The minimum atomic E-state index is -0.210. The number of H-pyrrole nitrogens is 1. The van der Waals surface area contributed by atoms with Crippen molar-refractivity contribution in [2.24, 2.45) is 0 Å². The summed E-state index contributed by atoms with van der Waals surface area (Å²) in [6, 6.07) is 5.24. The van der Waals surface area contributed by atoms with Gasteiger partial charge in [0.05, 0.1) is 17.1 Å². The lowest BCUT2D eigenvalue weighted by Crippen LogP contribution is -2.30. The monoisotopic (exact) mass is 309 g/mol. The number of halogens is 1. The lowest BCUT2D eigenvalue weighted by atomic mass is 10.3. The van der Waals surface area contributed by atoms with E-state index in [1.165, 1.54) is 0 Å². The standard InChI is InChI=1S/C15H20ClN3O2/c1-3-4-7-21-9-14(20)17-10(2)15-18-12-6-5-11(16)8-13(12)19-15/h5-6,8,10H,3-4,7,9H2,1-2H3,(H,17,20)(H,18,19)/t10-/m1/s1. The Morgan fingerprint density at radius 2 is 2.33 bits per heavy atom. The number of benzene rings is 1. The molecule has 0 bridgehead atoms. The lowest BCUT2D eigenvalue weighted by molar-refractivity contribution is -0.126. The highest BCUT2D eigenvalue weighted by Gasteiger charge is 2.13. The first kappa shape index (κ1) is 15.8. The summed E-state index contributed by atoms with van der Waals surface area (Å²) in [7, 11) is 0. The fraction of sp³-hybridized carbons (Fsp3) is 0.467. The van der Waals surface area contributed by atoms with E-state index in [1.54, 1.807) is 6.07 Å². The number of hydrogen-bond donors (Lipinski definition) is 2. The largest absolute Gasteiger partial charge is 0.372 e. The Kier molecular flexibility index (Phi) is 5.59. The maximum Gasteiger partial charge on any atom is 0.246 e. The van der Waals surface area contributed by atoms with Crippen LogP contribution in [0.5, 0.6) is 0 Å². The van der Waals surface area contributed by atoms with Gasteiger partial charge in [-0.15, -0.1) is 0 Å². The van der Waals surface area contributed by atoms with Gasteiger partial charge in [-0.3, -0.25) is 4.79 Å². The van der Waals surface area contributed by atoms with E-state index < -0.39 is 0 Å². The highest BCUT2D eigenvalue weighted by molar-refractivity contribution is 6.31. The minimum Gasteiger partial charge on any atom is -0.372 e. The van der Waals surface area contributed by atoms with Crippen LogP contribution in [0.1, 0.15) is 38.6 Å². The molecule has 5 nitrogen and oxygen atoms in total. The van der Waals surface area contributed by atoms with Crippen molar-refractivity contribution in [3.63, 3.8) is 0 Å². The zero-order valence-electron chi connectivity index (χ0n) is 12.3. The molecule has 0 unspecified atom stereocenters. The first-order chi connectivity index (χ1) is 10.1. The van der Waals surface area contributed by atoms with Crippen molar-refractivity contribution in [1.29, 1.82) is 0 Å². The van der Waals surface area contributed by atoms with Crippen LogP contribution in [0.3, 0.4) is 0 Å². The predicted molar refractivity (Wildman–Crippen MR) is 83.4 cm³/mol. The van der Waals surface area contributed by atoms with Gasteiger partial charge in [-0.05, 0) is 31.5 Å². The molecule has 2 N–H and O–H groups in total. The molecule has 0 saturated carbocycles. The van der Waals surface area contributed by atoms with Gasteiger partial charge in [-0.25, -0.2) is 4.98 Å². The topological polar surface area (TPSA) is 67.0 Å². The van der Waals surface area contributed by atoms with E-state index >= 15 is 0 Å². The van der Waals surface area contributed by atoms with Gasteiger partial charge in [-0.2, -0.15) is 0 Å². The number of amides is 1. The Labute approximate surface area is 129 Å². The van der Waals surface area contributed by atoms with Gasteiger partial charge >= 0.3 is 0 Å². The number of aromatic amines is 1. The molecule has 0 spiro atoms. The number of aromatic nitrogens is 2. The van der Waals surface area contributed by atoms with Crippen molar-refractivity contribution >= 4 is 28.5 Å². The molecule has 0 aliphatic carbocycles. The molecule has 1 heterocycles. The summed E-state index contributed by atoms with van der Waals surface area (Å²) in [4.78, 5) is 19.4. The van der Waals surface area contributed by atoms with Crippen LogP contribution in [0.4, 0.5) is 0 Å². The third-order valence-electron chi connectivity index (χ3n) is 3.13. The van der Waals surface area contributed by atoms with Crippen LogP contribution in [0.2, 0.25) is 5.02 Å². The van der Waals surface area contributed by atoms with E-state index in [9.17, 15) is 4.79 Å². The summed E-state index contributed by atoms with van der Waals surface area (Å²) < 4.78 is 5.29. The number of rotatable bonds is 7. The summed E-state index contributed by atoms with van der Waals surface area (Å²) in [6.45, 7) is 4.65. The number of carbonyl (C=O) groups excluding carboxylic acids is 1. The molecule has 0 aliphatic heterocycles. The van der Waals surface area contributed by atoms with Crippen LogP contribution < -0.4 is 5.32 Å². The van der Waals surface area contributed by atoms with Crippen molar-refractivity contribution in [3.8, 4) is 0 Å². The normalized spacial score (nSPS) is 12.5. The van der Waals surface area contributed by atoms with Gasteiger partial charge < -0.3 is 15.0 Å². The molecule has 0 aliphatic rings. The SMILES string of the molecule is CCCCOCC(=O)N[C@H](C)c1nc2ccc(Cl)cc2[nH]1. The third kappa shape index (κ3) is 4.44. The summed E-state index contributed by atoms with van der Waals surface area (Å²) >= 11 is 5.94. The second-order valence-electron chi connectivity index (χ2n) is 4.98. The number of nitrogens with one attached hydrogen (secondary N) is 2. The van der Waals surface area contributed by atoms with Gasteiger partial charge in [0, 0.05) is 11.6 Å². The van der Waals surface area contributed by atoms with E-state index in [4.69, 9.17) is 16.3 Å². The molecular weight excluding hydrogens is 290 g/mol. The van der Waals surface area contributed by atoms with Crippen molar-refractivity contribution in [2.45, 2.75) is 32.7 Å². The van der Waals surface area contributed by atoms with Crippen LogP contribution in [0.15, 0.2) is 18.2 Å². The molecule has 1 aromatic heterocycles. The number of unbranched alkanes of at least 4 members (excludes halogenated alkanes) is 1. The number of imidazole rings is 1. The quantitative estimate of drug-likeness (QED) is 0.772. The average Bonchev–Trinajstić information content (AvgIpc) is 2.86. The highest BCUT2D eigenvalue weighted by Crippen LogP contribution is 2.19. The summed E-state index contributed by atoms with van der Waals surface area (Å²) in [5.41, 5.74) is 1.69. The van der Waals surface area contributed by atoms with Crippen molar-refractivity contribution in [2.75, 3.05) is 13.2 Å². The summed E-state index contributed by atoms with van der Waals surface area (Å²) in [6.07, 6.45) is 2.02. The van der Waals surface area contributed by atoms with Crippen LogP contribution in [0, 0.1) is 0 Å². The Bertz CT molecular complexity index is 612. The molecule has 114 valence electrons. The number of nitrogens with zero attached hydrogens (tertiary/aromatic N) is 1. The molecule has 1 amide bonds. The Morgan fingerprint density at radius 1 is 1.52 bits per heavy atom. The average molecular weight is 310 g/mol. The van der Waals surface area contributed by atoms with Crippen molar-refractivity contribution in [1.82, 2.24) is 15.3 Å². The number of ether oxygens (including phenoxy) is 1. The Morgan fingerprint density at radius 3 is 3.10 bits per heavy atom. The third-order valence-corrected chi connectivity index (χ3v) is 3.36. The molecule has 6 heteroatoms. The molecule has 2 rings (SSSR count). The second-order valence-corrected chi connectivity index (χ2v) is 5.42.